The first-order valence-corrected chi connectivity index (χ1v) is 4.22. The predicted molar refractivity (Wildman–Crippen MR) is 48.8 cm³/mol. The van der Waals surface area contributed by atoms with Gasteiger partial charge in [-0.05, 0) is 12.1 Å². The average molecular weight is 189 g/mol. The highest BCUT2D eigenvalue weighted by atomic mass is 16.2. The zero-order valence-electron chi connectivity index (χ0n) is 7.19. The Bertz CT molecular complexity index is 517. The number of nitrogens with one attached hydrogen (secondary N) is 2. The van der Waals surface area contributed by atoms with Crippen molar-refractivity contribution < 1.29 is 4.79 Å². The Morgan fingerprint density at radius 3 is 3.21 bits per heavy atom. The monoisotopic (exact) mass is 189 g/mol. The van der Waals surface area contributed by atoms with Crippen LogP contribution < -0.4 is 10.6 Å². The highest BCUT2D eigenvalue weighted by molar-refractivity contribution is 5.89. The predicted octanol–water partition coefficient (Wildman–Crippen LogP) is 0.364. The van der Waals surface area contributed by atoms with E-state index in [1.54, 1.807) is 0 Å². The van der Waals surface area contributed by atoms with Crippen LogP contribution in [0.1, 0.15) is 5.82 Å². The van der Waals surface area contributed by atoms with Gasteiger partial charge in [0.25, 0.3) is 0 Å². The second-order valence-electron chi connectivity index (χ2n) is 3.03. The summed E-state index contributed by atoms with van der Waals surface area (Å²) in [7, 11) is 0. The zero-order chi connectivity index (χ0) is 9.54. The molecule has 6 nitrogen and oxygen atoms in total. The van der Waals surface area contributed by atoms with Gasteiger partial charge >= 0.3 is 6.03 Å². The standard InChI is InChI=1S/C8H7N5O/c14-8-9-4-7-12-11-6-3-1-2-5(10-8)13(6)7/h1-3H,4H2,(H2,9,10,14). The first-order valence-electron chi connectivity index (χ1n) is 4.22. The van der Waals surface area contributed by atoms with E-state index in [9.17, 15) is 4.79 Å². The molecule has 2 aromatic heterocycles. The Hall–Kier alpha value is -2.11. The molecule has 0 fully saturated rings. The molecule has 2 amide bonds. The molecular weight excluding hydrogens is 182 g/mol. The first-order chi connectivity index (χ1) is 6.84. The maximum absolute atomic E-state index is 11.2. The Morgan fingerprint density at radius 1 is 1.36 bits per heavy atom. The zero-order valence-corrected chi connectivity index (χ0v) is 7.19. The molecule has 6 heteroatoms. The molecule has 3 rings (SSSR count). The lowest BCUT2D eigenvalue weighted by molar-refractivity contribution is 0.252. The topological polar surface area (TPSA) is 71.3 Å². The van der Waals surface area contributed by atoms with Crippen LogP contribution in [0.15, 0.2) is 18.2 Å². The summed E-state index contributed by atoms with van der Waals surface area (Å²) in [5.41, 5.74) is 0.738. The van der Waals surface area contributed by atoms with E-state index in [0.29, 0.717) is 12.4 Å². The summed E-state index contributed by atoms with van der Waals surface area (Å²) in [6, 6.07) is 5.26. The molecule has 0 radical (unpaired) electrons. The molecule has 0 saturated heterocycles. The fraction of sp³-hybridized carbons (Fsp3) is 0.125. The van der Waals surface area contributed by atoms with Crippen LogP contribution in [0.5, 0.6) is 0 Å². The average Bonchev–Trinajstić information content (AvgIpc) is 2.51. The van der Waals surface area contributed by atoms with Crippen molar-refractivity contribution in [1.29, 1.82) is 0 Å². The van der Waals surface area contributed by atoms with Gasteiger partial charge in [-0.1, -0.05) is 6.07 Å². The smallest absolute Gasteiger partial charge is 0.320 e. The number of aromatic nitrogens is 3. The van der Waals surface area contributed by atoms with E-state index in [1.807, 2.05) is 22.6 Å². The van der Waals surface area contributed by atoms with Gasteiger partial charge in [-0.25, -0.2) is 4.79 Å². The number of amides is 2. The second kappa shape index (κ2) is 2.44. The van der Waals surface area contributed by atoms with E-state index >= 15 is 0 Å². The minimum atomic E-state index is -0.219. The van der Waals surface area contributed by atoms with Crippen molar-refractivity contribution in [3.8, 4) is 0 Å². The molecule has 1 aliphatic heterocycles. The van der Waals surface area contributed by atoms with Crippen molar-refractivity contribution in [2.45, 2.75) is 6.54 Å². The van der Waals surface area contributed by atoms with Crippen LogP contribution >= 0.6 is 0 Å². The lowest BCUT2D eigenvalue weighted by Gasteiger charge is -2.02. The van der Waals surface area contributed by atoms with Gasteiger partial charge in [0.1, 0.15) is 5.82 Å². The van der Waals surface area contributed by atoms with Crippen molar-refractivity contribution in [3.63, 3.8) is 0 Å². The third-order valence-corrected chi connectivity index (χ3v) is 2.14. The first kappa shape index (κ1) is 7.31. The highest BCUT2D eigenvalue weighted by Crippen LogP contribution is 2.14. The van der Waals surface area contributed by atoms with Crippen LogP contribution in [0.2, 0.25) is 0 Å². The number of anilines is 1. The van der Waals surface area contributed by atoms with Gasteiger partial charge in [-0.15, -0.1) is 10.2 Å². The van der Waals surface area contributed by atoms with Crippen molar-refractivity contribution in [3.05, 3.63) is 24.0 Å². The van der Waals surface area contributed by atoms with Gasteiger partial charge < -0.3 is 5.32 Å². The molecule has 1 aliphatic rings. The minimum absolute atomic E-state index is 0.219. The van der Waals surface area contributed by atoms with Gasteiger partial charge in [-0.3, -0.25) is 9.72 Å². The lowest BCUT2D eigenvalue weighted by Crippen LogP contribution is -2.26. The summed E-state index contributed by atoms with van der Waals surface area (Å²) in [6.45, 7) is 0.393. The van der Waals surface area contributed by atoms with Crippen LogP contribution in [0.25, 0.3) is 5.65 Å². The number of rotatable bonds is 0. The van der Waals surface area contributed by atoms with E-state index in [2.05, 4.69) is 20.8 Å². The number of urea groups is 1. The molecule has 0 aromatic carbocycles. The molecule has 3 heterocycles. The minimum Gasteiger partial charge on any atom is -0.331 e. The molecule has 14 heavy (non-hydrogen) atoms. The van der Waals surface area contributed by atoms with E-state index in [-0.39, 0.29) is 6.03 Å². The summed E-state index contributed by atoms with van der Waals surface area (Å²) in [5.74, 6) is 1.42. The summed E-state index contributed by atoms with van der Waals surface area (Å²) >= 11 is 0. The normalized spacial score (nSPS) is 14.7. The van der Waals surface area contributed by atoms with Crippen molar-refractivity contribution >= 4 is 17.5 Å². The molecule has 0 bridgehead atoms. The Labute approximate surface area is 78.9 Å². The van der Waals surface area contributed by atoms with E-state index < -0.39 is 0 Å². The summed E-state index contributed by atoms with van der Waals surface area (Å²) < 4.78 is 1.82. The molecule has 0 unspecified atom stereocenters. The molecule has 0 saturated carbocycles. The molecule has 0 spiro atoms. The number of hydrogen-bond donors (Lipinski definition) is 2. The fourth-order valence-electron chi connectivity index (χ4n) is 1.53. The van der Waals surface area contributed by atoms with Crippen LogP contribution in [-0.4, -0.2) is 20.6 Å². The summed E-state index contributed by atoms with van der Waals surface area (Å²) in [5, 5.41) is 13.3. The molecule has 2 N–H and O–H groups in total. The summed E-state index contributed by atoms with van der Waals surface area (Å²) in [4.78, 5) is 11.2. The second-order valence-corrected chi connectivity index (χ2v) is 3.03. The highest BCUT2D eigenvalue weighted by Gasteiger charge is 2.15. The number of pyridine rings is 1. The van der Waals surface area contributed by atoms with Crippen LogP contribution in [0.4, 0.5) is 10.6 Å². The van der Waals surface area contributed by atoms with Crippen LogP contribution in [0, 0.1) is 0 Å². The molecule has 0 aliphatic carbocycles. The quantitative estimate of drug-likeness (QED) is 0.628. The SMILES string of the molecule is O=C1NCc2nnc3cccc(n23)N1. The van der Waals surface area contributed by atoms with Gasteiger partial charge in [0.05, 0.1) is 6.54 Å². The van der Waals surface area contributed by atoms with Crippen LogP contribution in [0.3, 0.4) is 0 Å². The Balaban J connectivity index is 2.36. The van der Waals surface area contributed by atoms with Gasteiger partial charge in [0.2, 0.25) is 0 Å². The molecule has 2 aromatic rings. The largest absolute Gasteiger partial charge is 0.331 e. The number of hydrogen-bond acceptors (Lipinski definition) is 3. The number of carbonyl (C=O) groups is 1. The van der Waals surface area contributed by atoms with Gasteiger partial charge in [0.15, 0.2) is 11.5 Å². The number of carbonyl (C=O) groups excluding carboxylic acids is 1. The van der Waals surface area contributed by atoms with Gasteiger partial charge in [-0.2, -0.15) is 0 Å². The summed E-state index contributed by atoms with van der Waals surface area (Å²) in [6.07, 6.45) is 0. The Kier molecular flexibility index (Phi) is 1.27. The van der Waals surface area contributed by atoms with Crippen LogP contribution in [-0.2, 0) is 6.54 Å². The van der Waals surface area contributed by atoms with E-state index in [0.717, 1.165) is 11.5 Å². The van der Waals surface area contributed by atoms with Crippen molar-refractivity contribution in [2.75, 3.05) is 5.32 Å². The van der Waals surface area contributed by atoms with Crippen molar-refractivity contribution in [1.82, 2.24) is 19.9 Å². The van der Waals surface area contributed by atoms with Gasteiger partial charge in [0, 0.05) is 0 Å². The van der Waals surface area contributed by atoms with E-state index in [1.165, 1.54) is 0 Å². The fourth-order valence-corrected chi connectivity index (χ4v) is 1.53. The number of nitrogens with zero attached hydrogens (tertiary/aromatic N) is 3. The molecule has 70 valence electrons. The van der Waals surface area contributed by atoms with Crippen molar-refractivity contribution in [2.24, 2.45) is 0 Å². The maximum Gasteiger partial charge on any atom is 0.320 e. The molecule has 0 atom stereocenters. The molecular formula is C8H7N5O. The Morgan fingerprint density at radius 2 is 2.29 bits per heavy atom. The third-order valence-electron chi connectivity index (χ3n) is 2.14. The third kappa shape index (κ3) is 0.875. The maximum atomic E-state index is 11.2. The lowest BCUT2D eigenvalue weighted by atomic mass is 10.4. The van der Waals surface area contributed by atoms with E-state index in [4.69, 9.17) is 0 Å².